The average Bonchev–Trinajstić information content (AvgIpc) is 3.31. The van der Waals surface area contributed by atoms with Crippen LogP contribution < -0.4 is 5.32 Å². The van der Waals surface area contributed by atoms with E-state index in [0.717, 1.165) is 15.9 Å². The van der Waals surface area contributed by atoms with Gasteiger partial charge < -0.3 is 10.1 Å². The molecule has 0 unspecified atom stereocenters. The predicted molar refractivity (Wildman–Crippen MR) is 100 cm³/mol. The largest absolute Gasteiger partial charge is 0.454 e. The number of rotatable bonds is 8. The Morgan fingerprint density at radius 1 is 1.30 bits per heavy atom. The van der Waals surface area contributed by atoms with Crippen LogP contribution in [-0.4, -0.2) is 45.2 Å². The summed E-state index contributed by atoms with van der Waals surface area (Å²) in [4.78, 5) is 24.7. The van der Waals surface area contributed by atoms with Gasteiger partial charge in [0.05, 0.1) is 0 Å². The smallest absolute Gasteiger partial charge is 0.330 e. The molecule has 0 spiro atoms. The first-order valence-corrected chi connectivity index (χ1v) is 9.39. The number of amides is 1. The van der Waals surface area contributed by atoms with Gasteiger partial charge in [-0.2, -0.15) is 16.1 Å². The monoisotopic (exact) mass is 405 g/mol. The Morgan fingerprint density at radius 2 is 2.19 bits per heavy atom. The quantitative estimate of drug-likeness (QED) is 0.575. The molecule has 0 aliphatic rings. The van der Waals surface area contributed by atoms with Gasteiger partial charge in [-0.1, -0.05) is 23.7 Å². The van der Waals surface area contributed by atoms with E-state index in [0.29, 0.717) is 23.8 Å². The maximum Gasteiger partial charge on any atom is 0.330 e. The number of benzene rings is 1. The zero-order valence-corrected chi connectivity index (χ0v) is 15.7. The molecule has 0 bridgehead atoms. The van der Waals surface area contributed by atoms with E-state index in [4.69, 9.17) is 16.3 Å². The first kappa shape index (κ1) is 19.0. The molecule has 0 atom stereocenters. The van der Waals surface area contributed by atoms with Crippen LogP contribution in [0.4, 0.5) is 0 Å². The lowest BCUT2D eigenvalue weighted by molar-refractivity contribution is -0.149. The van der Waals surface area contributed by atoms with E-state index in [1.807, 2.05) is 35.0 Å². The van der Waals surface area contributed by atoms with Gasteiger partial charge in [0.25, 0.3) is 5.91 Å². The number of aromatic nitrogens is 4. The fourth-order valence-corrected chi connectivity index (χ4v) is 3.06. The molecule has 0 radical (unpaired) electrons. The molecule has 0 saturated carbocycles. The first-order chi connectivity index (χ1) is 13.1. The number of carbonyl (C=O) groups excluding carboxylic acids is 2. The Kier molecular flexibility index (Phi) is 6.50. The van der Waals surface area contributed by atoms with Crippen LogP contribution in [0.5, 0.6) is 0 Å². The summed E-state index contributed by atoms with van der Waals surface area (Å²) in [5.74, 6) is -0.562. The summed E-state index contributed by atoms with van der Waals surface area (Å²) in [6, 6.07) is 9.26. The van der Waals surface area contributed by atoms with Gasteiger partial charge in [-0.25, -0.2) is 4.79 Å². The fraction of sp³-hybridized carbons (Fsp3) is 0.235. The van der Waals surface area contributed by atoms with Crippen LogP contribution >= 0.6 is 22.9 Å². The van der Waals surface area contributed by atoms with Gasteiger partial charge >= 0.3 is 5.97 Å². The summed E-state index contributed by atoms with van der Waals surface area (Å²) in [7, 11) is 0. The summed E-state index contributed by atoms with van der Waals surface area (Å²) in [6.07, 6.45) is 0.633. The predicted octanol–water partition coefficient (Wildman–Crippen LogP) is 1.96. The third kappa shape index (κ3) is 5.87. The minimum Gasteiger partial charge on any atom is -0.454 e. The molecule has 0 saturated heterocycles. The number of thiophene rings is 1. The molecule has 27 heavy (non-hydrogen) atoms. The molecule has 0 aliphatic carbocycles. The lowest BCUT2D eigenvalue weighted by atomic mass is 10.1. The molecular formula is C17H16ClN5O3S. The Balaban J connectivity index is 1.37. The molecule has 2 heterocycles. The van der Waals surface area contributed by atoms with Crippen molar-refractivity contribution < 1.29 is 14.3 Å². The van der Waals surface area contributed by atoms with Crippen LogP contribution in [0.1, 0.15) is 5.56 Å². The van der Waals surface area contributed by atoms with Gasteiger partial charge in [0, 0.05) is 22.5 Å². The number of nitrogens with zero attached hydrogens (tertiary/aromatic N) is 4. The highest BCUT2D eigenvalue weighted by Gasteiger charge is 2.12. The van der Waals surface area contributed by atoms with Crippen molar-refractivity contribution in [1.29, 1.82) is 0 Å². The summed E-state index contributed by atoms with van der Waals surface area (Å²) in [5, 5.41) is 18.9. The van der Waals surface area contributed by atoms with Crippen molar-refractivity contribution in [2.45, 2.75) is 13.0 Å². The van der Waals surface area contributed by atoms with Gasteiger partial charge in [-0.05, 0) is 40.8 Å². The Morgan fingerprint density at radius 3 is 2.96 bits per heavy atom. The number of hydrogen-bond acceptors (Lipinski definition) is 7. The summed E-state index contributed by atoms with van der Waals surface area (Å²) < 4.78 is 4.93. The normalized spacial score (nSPS) is 10.6. The fourth-order valence-electron chi connectivity index (χ4n) is 2.21. The minimum absolute atomic E-state index is 0.215. The van der Waals surface area contributed by atoms with Crippen molar-refractivity contribution in [3.63, 3.8) is 0 Å². The molecule has 10 heteroatoms. The van der Waals surface area contributed by atoms with E-state index in [-0.39, 0.29) is 19.1 Å². The topological polar surface area (TPSA) is 99.0 Å². The first-order valence-electron chi connectivity index (χ1n) is 8.07. The maximum absolute atomic E-state index is 11.8. The van der Waals surface area contributed by atoms with Crippen molar-refractivity contribution in [2.75, 3.05) is 13.2 Å². The van der Waals surface area contributed by atoms with E-state index < -0.39 is 5.97 Å². The molecule has 0 aliphatic heterocycles. The highest BCUT2D eigenvalue weighted by molar-refractivity contribution is 7.08. The van der Waals surface area contributed by atoms with E-state index in [9.17, 15) is 9.59 Å². The van der Waals surface area contributed by atoms with Gasteiger partial charge in [0.15, 0.2) is 13.2 Å². The van der Waals surface area contributed by atoms with Crippen molar-refractivity contribution in [2.24, 2.45) is 0 Å². The number of ether oxygens (including phenoxy) is 1. The van der Waals surface area contributed by atoms with Crippen molar-refractivity contribution in [3.8, 4) is 11.4 Å². The van der Waals surface area contributed by atoms with Crippen LogP contribution in [0.2, 0.25) is 5.02 Å². The molecule has 1 N–H and O–H groups in total. The number of tetrazole rings is 1. The van der Waals surface area contributed by atoms with Crippen molar-refractivity contribution in [3.05, 3.63) is 51.7 Å². The molecule has 140 valence electrons. The van der Waals surface area contributed by atoms with Crippen molar-refractivity contribution in [1.82, 2.24) is 25.5 Å². The molecule has 8 nitrogen and oxygen atoms in total. The zero-order valence-electron chi connectivity index (χ0n) is 14.2. The average molecular weight is 406 g/mol. The van der Waals surface area contributed by atoms with Crippen LogP contribution in [0.25, 0.3) is 11.4 Å². The second kappa shape index (κ2) is 9.24. The lowest BCUT2D eigenvalue weighted by Gasteiger charge is -2.06. The number of nitrogens with one attached hydrogen (secondary N) is 1. The number of halogens is 1. The van der Waals surface area contributed by atoms with Crippen LogP contribution in [0.3, 0.4) is 0 Å². The van der Waals surface area contributed by atoms with E-state index >= 15 is 0 Å². The molecule has 1 amide bonds. The third-order valence-electron chi connectivity index (χ3n) is 3.49. The van der Waals surface area contributed by atoms with Gasteiger partial charge in [-0.3, -0.25) is 4.79 Å². The second-order valence-corrected chi connectivity index (χ2v) is 6.76. The van der Waals surface area contributed by atoms with E-state index in [2.05, 4.69) is 20.7 Å². The Hall–Kier alpha value is -2.78. The van der Waals surface area contributed by atoms with E-state index in [1.54, 1.807) is 6.07 Å². The van der Waals surface area contributed by atoms with Gasteiger partial charge in [0.2, 0.25) is 5.82 Å². The summed E-state index contributed by atoms with van der Waals surface area (Å²) >= 11 is 7.42. The number of esters is 1. The van der Waals surface area contributed by atoms with Gasteiger partial charge in [-0.15, -0.1) is 10.2 Å². The molecule has 3 aromatic rings. The SMILES string of the molecule is O=C(COC(=O)Cn1nnc(-c2ccsc2)n1)NCCc1cccc(Cl)c1. The Bertz CT molecular complexity index is 913. The van der Waals surface area contributed by atoms with Gasteiger partial charge in [0.1, 0.15) is 0 Å². The summed E-state index contributed by atoms with van der Waals surface area (Å²) in [6.45, 7) is -0.154. The maximum atomic E-state index is 11.8. The third-order valence-corrected chi connectivity index (χ3v) is 4.41. The van der Waals surface area contributed by atoms with Crippen LogP contribution in [-0.2, 0) is 27.3 Å². The standard InChI is InChI=1S/C17H16ClN5O3S/c18-14-3-1-2-12(8-14)4-6-19-15(24)10-26-16(25)9-23-21-17(20-22-23)13-5-7-27-11-13/h1-3,5,7-8,11H,4,6,9-10H2,(H,19,24). The molecule has 2 aromatic heterocycles. The molecule has 0 fully saturated rings. The molecule has 3 rings (SSSR count). The molecule has 1 aromatic carbocycles. The van der Waals surface area contributed by atoms with E-state index in [1.165, 1.54) is 11.3 Å². The lowest BCUT2D eigenvalue weighted by Crippen LogP contribution is -2.31. The number of carbonyl (C=O) groups is 2. The zero-order chi connectivity index (χ0) is 19.1. The minimum atomic E-state index is -0.616. The van der Waals surface area contributed by atoms with Crippen LogP contribution in [0.15, 0.2) is 41.1 Å². The second-order valence-electron chi connectivity index (χ2n) is 5.55. The van der Waals surface area contributed by atoms with Crippen molar-refractivity contribution >= 4 is 34.8 Å². The van der Waals surface area contributed by atoms with Crippen LogP contribution in [0, 0.1) is 0 Å². The number of hydrogen-bond donors (Lipinski definition) is 1. The molecular weight excluding hydrogens is 390 g/mol. The Labute approximate surface area is 164 Å². The summed E-state index contributed by atoms with van der Waals surface area (Å²) in [5.41, 5.74) is 1.84. The highest BCUT2D eigenvalue weighted by atomic mass is 35.5. The highest BCUT2D eigenvalue weighted by Crippen LogP contribution is 2.16.